The molecule has 0 bridgehead atoms. The molecule has 0 spiro atoms. The molecule has 0 aliphatic heterocycles. The van der Waals surface area contributed by atoms with Crippen LogP contribution in [0.25, 0.3) is 0 Å². The van der Waals surface area contributed by atoms with Crippen molar-refractivity contribution < 1.29 is 0 Å². The lowest BCUT2D eigenvalue weighted by Gasteiger charge is -2.19. The second kappa shape index (κ2) is 7.20. The topological polar surface area (TPSA) is 24.9 Å². The Balaban J connectivity index is 2.10. The summed E-state index contributed by atoms with van der Waals surface area (Å²) in [7, 11) is 0. The highest BCUT2D eigenvalue weighted by molar-refractivity contribution is 5.24. The molecule has 1 unspecified atom stereocenters. The zero-order valence-corrected chi connectivity index (χ0v) is 12.7. The SMILES string of the molecule is CCNC(CCc1ccccc1)c1cc(C)nc(C)c1. The van der Waals surface area contributed by atoms with Crippen molar-refractivity contribution in [1.82, 2.24) is 10.3 Å². The van der Waals surface area contributed by atoms with E-state index in [4.69, 9.17) is 0 Å². The minimum absolute atomic E-state index is 0.403. The van der Waals surface area contributed by atoms with Crippen molar-refractivity contribution in [2.24, 2.45) is 0 Å². The molecule has 20 heavy (non-hydrogen) atoms. The maximum atomic E-state index is 4.47. The van der Waals surface area contributed by atoms with E-state index < -0.39 is 0 Å². The van der Waals surface area contributed by atoms with Crippen LogP contribution in [0.3, 0.4) is 0 Å². The maximum Gasteiger partial charge on any atom is 0.0379 e. The molecule has 106 valence electrons. The highest BCUT2D eigenvalue weighted by atomic mass is 14.9. The van der Waals surface area contributed by atoms with Gasteiger partial charge in [0.15, 0.2) is 0 Å². The Hall–Kier alpha value is -1.67. The second-order valence-corrected chi connectivity index (χ2v) is 5.32. The molecule has 0 saturated carbocycles. The van der Waals surface area contributed by atoms with Crippen LogP contribution in [-0.2, 0) is 6.42 Å². The molecular weight excluding hydrogens is 244 g/mol. The van der Waals surface area contributed by atoms with Gasteiger partial charge in [-0.25, -0.2) is 0 Å². The molecule has 1 heterocycles. The fourth-order valence-corrected chi connectivity index (χ4v) is 2.66. The molecule has 0 fully saturated rings. The van der Waals surface area contributed by atoms with Crippen molar-refractivity contribution >= 4 is 0 Å². The van der Waals surface area contributed by atoms with E-state index in [0.29, 0.717) is 6.04 Å². The number of hydrogen-bond acceptors (Lipinski definition) is 2. The Morgan fingerprint density at radius 2 is 1.70 bits per heavy atom. The van der Waals surface area contributed by atoms with Gasteiger partial charge >= 0.3 is 0 Å². The quantitative estimate of drug-likeness (QED) is 0.857. The summed E-state index contributed by atoms with van der Waals surface area (Å²) in [5, 5.41) is 3.60. The fourth-order valence-electron chi connectivity index (χ4n) is 2.66. The normalized spacial score (nSPS) is 12.3. The molecule has 0 aliphatic carbocycles. The zero-order chi connectivity index (χ0) is 14.4. The summed E-state index contributed by atoms with van der Waals surface area (Å²) in [6.07, 6.45) is 2.21. The lowest BCUT2D eigenvalue weighted by Crippen LogP contribution is -2.22. The van der Waals surface area contributed by atoms with Crippen LogP contribution >= 0.6 is 0 Å². The molecular formula is C18H24N2. The number of pyridine rings is 1. The van der Waals surface area contributed by atoms with E-state index in [2.05, 4.69) is 73.5 Å². The second-order valence-electron chi connectivity index (χ2n) is 5.32. The molecule has 1 aromatic carbocycles. The number of hydrogen-bond donors (Lipinski definition) is 1. The minimum Gasteiger partial charge on any atom is -0.310 e. The molecule has 0 radical (unpaired) electrons. The maximum absolute atomic E-state index is 4.47. The van der Waals surface area contributed by atoms with Crippen LogP contribution in [0.5, 0.6) is 0 Å². The molecule has 1 N–H and O–H groups in total. The van der Waals surface area contributed by atoms with Gasteiger partial charge in [0.05, 0.1) is 0 Å². The third-order valence-corrected chi connectivity index (χ3v) is 3.52. The Bertz CT molecular complexity index is 514. The Morgan fingerprint density at radius 3 is 2.30 bits per heavy atom. The van der Waals surface area contributed by atoms with E-state index in [1.54, 1.807) is 0 Å². The van der Waals surface area contributed by atoms with Crippen molar-refractivity contribution in [2.45, 2.75) is 39.7 Å². The van der Waals surface area contributed by atoms with Crippen molar-refractivity contribution in [3.05, 3.63) is 65.0 Å². The molecule has 2 rings (SSSR count). The average Bonchev–Trinajstić information content (AvgIpc) is 2.43. The molecule has 0 aliphatic rings. The van der Waals surface area contributed by atoms with Crippen LogP contribution in [0.4, 0.5) is 0 Å². The van der Waals surface area contributed by atoms with E-state index in [1.807, 2.05) is 0 Å². The van der Waals surface area contributed by atoms with Crippen LogP contribution in [-0.4, -0.2) is 11.5 Å². The molecule has 0 saturated heterocycles. The first kappa shape index (κ1) is 14.7. The molecule has 1 aromatic heterocycles. The fraction of sp³-hybridized carbons (Fsp3) is 0.389. The largest absolute Gasteiger partial charge is 0.310 e. The van der Waals surface area contributed by atoms with Gasteiger partial charge in [-0.15, -0.1) is 0 Å². The number of nitrogens with zero attached hydrogens (tertiary/aromatic N) is 1. The van der Waals surface area contributed by atoms with Crippen LogP contribution in [0.2, 0.25) is 0 Å². The Kier molecular flexibility index (Phi) is 5.31. The molecule has 0 amide bonds. The van der Waals surface area contributed by atoms with Crippen molar-refractivity contribution in [1.29, 1.82) is 0 Å². The monoisotopic (exact) mass is 268 g/mol. The number of nitrogens with one attached hydrogen (secondary N) is 1. The van der Waals surface area contributed by atoms with E-state index in [0.717, 1.165) is 30.8 Å². The summed E-state index contributed by atoms with van der Waals surface area (Å²) in [6, 6.07) is 15.5. The summed E-state index contributed by atoms with van der Waals surface area (Å²) in [4.78, 5) is 4.47. The third-order valence-electron chi connectivity index (χ3n) is 3.52. The van der Waals surface area contributed by atoms with Gasteiger partial charge < -0.3 is 5.32 Å². The van der Waals surface area contributed by atoms with Crippen molar-refractivity contribution in [3.63, 3.8) is 0 Å². The van der Waals surface area contributed by atoms with Crippen molar-refractivity contribution in [2.75, 3.05) is 6.54 Å². The standard InChI is InChI=1S/C18H24N2/c1-4-19-18(11-10-16-8-6-5-7-9-16)17-12-14(2)20-15(3)13-17/h5-9,12-13,18-19H,4,10-11H2,1-3H3. The first-order valence-electron chi connectivity index (χ1n) is 7.41. The van der Waals surface area contributed by atoms with E-state index in [9.17, 15) is 0 Å². The summed E-state index contributed by atoms with van der Waals surface area (Å²) in [5.74, 6) is 0. The number of aromatic nitrogens is 1. The number of rotatable bonds is 6. The predicted molar refractivity (Wildman–Crippen MR) is 84.9 cm³/mol. The van der Waals surface area contributed by atoms with Crippen LogP contribution in [0, 0.1) is 13.8 Å². The molecule has 1 atom stereocenters. The average molecular weight is 268 g/mol. The van der Waals surface area contributed by atoms with Crippen molar-refractivity contribution in [3.8, 4) is 0 Å². The summed E-state index contributed by atoms with van der Waals surface area (Å²) >= 11 is 0. The predicted octanol–water partition coefficient (Wildman–Crippen LogP) is 3.98. The van der Waals surface area contributed by atoms with Gasteiger partial charge in [0.25, 0.3) is 0 Å². The van der Waals surface area contributed by atoms with Gasteiger partial charge in [0, 0.05) is 17.4 Å². The number of benzene rings is 1. The summed E-state index contributed by atoms with van der Waals surface area (Å²) < 4.78 is 0. The van der Waals surface area contributed by atoms with E-state index in [-0.39, 0.29) is 0 Å². The molecule has 2 aromatic rings. The highest BCUT2D eigenvalue weighted by Gasteiger charge is 2.11. The first-order valence-corrected chi connectivity index (χ1v) is 7.41. The van der Waals surface area contributed by atoms with Crippen LogP contribution in [0.15, 0.2) is 42.5 Å². The first-order chi connectivity index (χ1) is 9.69. The van der Waals surface area contributed by atoms with Gasteiger partial charge in [-0.3, -0.25) is 4.98 Å². The van der Waals surface area contributed by atoms with Gasteiger partial charge in [-0.1, -0.05) is 37.3 Å². The number of aryl methyl sites for hydroxylation is 3. The minimum atomic E-state index is 0.403. The van der Waals surface area contributed by atoms with Gasteiger partial charge in [0.2, 0.25) is 0 Å². The third kappa shape index (κ3) is 4.17. The van der Waals surface area contributed by atoms with Crippen LogP contribution in [0.1, 0.15) is 41.9 Å². The van der Waals surface area contributed by atoms with E-state index in [1.165, 1.54) is 11.1 Å². The summed E-state index contributed by atoms with van der Waals surface area (Å²) in [6.45, 7) is 7.28. The highest BCUT2D eigenvalue weighted by Crippen LogP contribution is 2.20. The van der Waals surface area contributed by atoms with Gasteiger partial charge in [-0.2, -0.15) is 0 Å². The Labute approximate surface area is 122 Å². The van der Waals surface area contributed by atoms with Gasteiger partial charge in [-0.05, 0) is 56.5 Å². The molecule has 2 nitrogen and oxygen atoms in total. The lowest BCUT2D eigenvalue weighted by atomic mass is 9.98. The van der Waals surface area contributed by atoms with Crippen LogP contribution < -0.4 is 5.32 Å². The smallest absolute Gasteiger partial charge is 0.0379 e. The lowest BCUT2D eigenvalue weighted by molar-refractivity contribution is 0.514. The van der Waals surface area contributed by atoms with Gasteiger partial charge in [0.1, 0.15) is 0 Å². The van der Waals surface area contributed by atoms with E-state index >= 15 is 0 Å². The summed E-state index contributed by atoms with van der Waals surface area (Å²) in [5.41, 5.74) is 4.95. The zero-order valence-electron chi connectivity index (χ0n) is 12.7. The molecule has 2 heteroatoms. The Morgan fingerprint density at radius 1 is 1.05 bits per heavy atom.